The van der Waals surface area contributed by atoms with E-state index in [9.17, 15) is 0 Å². The second-order valence-electron chi connectivity index (χ2n) is 2.99. The van der Waals surface area contributed by atoms with E-state index in [0.29, 0.717) is 5.84 Å². The van der Waals surface area contributed by atoms with Crippen molar-refractivity contribution in [1.29, 1.82) is 0 Å². The molecular formula is C9H11N3. The van der Waals surface area contributed by atoms with Crippen molar-refractivity contribution in [2.45, 2.75) is 13.5 Å². The van der Waals surface area contributed by atoms with E-state index in [-0.39, 0.29) is 0 Å². The Hall–Kier alpha value is -1.51. The van der Waals surface area contributed by atoms with Crippen LogP contribution in [0.15, 0.2) is 23.3 Å². The number of nitrogens with zero attached hydrogens (tertiary/aromatic N) is 1. The Morgan fingerprint density at radius 3 is 3.17 bits per heavy atom. The van der Waals surface area contributed by atoms with Crippen molar-refractivity contribution >= 4 is 5.84 Å². The maximum Gasteiger partial charge on any atom is 0.150 e. The first-order valence-electron chi connectivity index (χ1n) is 3.93. The fraction of sp³-hybridized carbons (Fsp3) is 0.222. The van der Waals surface area contributed by atoms with Crippen LogP contribution in [0.2, 0.25) is 0 Å². The van der Waals surface area contributed by atoms with Crippen LogP contribution in [-0.2, 0) is 6.54 Å². The first kappa shape index (κ1) is 7.16. The molecule has 0 saturated carbocycles. The van der Waals surface area contributed by atoms with Gasteiger partial charge in [0.05, 0.1) is 6.54 Å². The highest BCUT2D eigenvalue weighted by molar-refractivity contribution is 5.99. The summed E-state index contributed by atoms with van der Waals surface area (Å²) in [6.45, 7) is 2.85. The van der Waals surface area contributed by atoms with Crippen molar-refractivity contribution in [3.63, 3.8) is 0 Å². The quantitative estimate of drug-likeness (QED) is 0.589. The second-order valence-corrected chi connectivity index (χ2v) is 2.99. The van der Waals surface area contributed by atoms with Gasteiger partial charge in [-0.2, -0.15) is 5.10 Å². The van der Waals surface area contributed by atoms with E-state index in [4.69, 9.17) is 5.73 Å². The lowest BCUT2D eigenvalue weighted by molar-refractivity contribution is 0.726. The van der Waals surface area contributed by atoms with Crippen LogP contribution in [0.3, 0.4) is 0 Å². The number of nitrogens with one attached hydrogen (secondary N) is 1. The minimum atomic E-state index is 0.580. The smallest absolute Gasteiger partial charge is 0.150 e. The van der Waals surface area contributed by atoms with Crippen LogP contribution in [0, 0.1) is 6.92 Å². The van der Waals surface area contributed by atoms with Crippen molar-refractivity contribution in [2.24, 2.45) is 10.8 Å². The number of fused-ring (bicyclic) bond motifs is 1. The predicted octanol–water partition coefficient (Wildman–Crippen LogP) is 0.719. The third-order valence-corrected chi connectivity index (χ3v) is 2.01. The fourth-order valence-corrected chi connectivity index (χ4v) is 1.39. The van der Waals surface area contributed by atoms with Gasteiger partial charge < -0.3 is 11.2 Å². The zero-order valence-electron chi connectivity index (χ0n) is 6.96. The van der Waals surface area contributed by atoms with Gasteiger partial charge in [-0.25, -0.2) is 0 Å². The lowest BCUT2D eigenvalue weighted by Crippen LogP contribution is -2.26. The van der Waals surface area contributed by atoms with Gasteiger partial charge in [0.2, 0.25) is 0 Å². The molecule has 0 aliphatic carbocycles. The van der Waals surface area contributed by atoms with Crippen molar-refractivity contribution in [2.75, 3.05) is 0 Å². The molecule has 3 nitrogen and oxygen atoms in total. The van der Waals surface area contributed by atoms with Crippen LogP contribution in [0.1, 0.15) is 16.7 Å². The number of amidine groups is 1. The van der Waals surface area contributed by atoms with Crippen LogP contribution in [0.5, 0.6) is 0 Å². The van der Waals surface area contributed by atoms with Crippen LogP contribution >= 0.6 is 0 Å². The Kier molecular flexibility index (Phi) is 1.50. The van der Waals surface area contributed by atoms with E-state index in [0.717, 1.165) is 12.1 Å². The highest BCUT2D eigenvalue weighted by Crippen LogP contribution is 2.13. The average molecular weight is 161 g/mol. The van der Waals surface area contributed by atoms with E-state index < -0.39 is 0 Å². The third-order valence-electron chi connectivity index (χ3n) is 2.01. The molecule has 1 heterocycles. The first-order valence-corrected chi connectivity index (χ1v) is 3.93. The third kappa shape index (κ3) is 1.03. The molecule has 0 atom stereocenters. The number of hydrogen-bond acceptors (Lipinski definition) is 3. The Balaban J connectivity index is 2.56. The molecule has 2 rings (SSSR count). The molecule has 0 fully saturated rings. The van der Waals surface area contributed by atoms with E-state index in [1.165, 1.54) is 11.1 Å². The summed E-state index contributed by atoms with van der Waals surface area (Å²) in [5.41, 5.74) is 12.1. The fourth-order valence-electron chi connectivity index (χ4n) is 1.39. The number of benzene rings is 1. The number of rotatable bonds is 0. The van der Waals surface area contributed by atoms with Crippen molar-refractivity contribution in [3.8, 4) is 0 Å². The van der Waals surface area contributed by atoms with Gasteiger partial charge in [0, 0.05) is 5.56 Å². The summed E-state index contributed by atoms with van der Waals surface area (Å²) >= 11 is 0. The first-order chi connectivity index (χ1) is 5.77. The zero-order chi connectivity index (χ0) is 8.55. The molecule has 3 heteroatoms. The summed E-state index contributed by atoms with van der Waals surface area (Å²) in [4.78, 5) is 0. The molecule has 1 aromatic carbocycles. The zero-order valence-corrected chi connectivity index (χ0v) is 6.96. The van der Waals surface area contributed by atoms with Crippen LogP contribution in [0.4, 0.5) is 0 Å². The Bertz CT molecular complexity index is 342. The number of aryl methyl sites for hydroxylation is 1. The average Bonchev–Trinajstić information content (AvgIpc) is 2.04. The van der Waals surface area contributed by atoms with Gasteiger partial charge >= 0.3 is 0 Å². The van der Waals surface area contributed by atoms with E-state index in [1.807, 2.05) is 12.1 Å². The summed E-state index contributed by atoms with van der Waals surface area (Å²) in [6.07, 6.45) is 0. The molecule has 0 saturated heterocycles. The molecule has 12 heavy (non-hydrogen) atoms. The Morgan fingerprint density at radius 2 is 2.33 bits per heavy atom. The minimum Gasteiger partial charge on any atom is -0.382 e. The number of hydrazone groups is 1. The van der Waals surface area contributed by atoms with E-state index in [2.05, 4.69) is 23.5 Å². The van der Waals surface area contributed by atoms with Gasteiger partial charge in [-0.3, -0.25) is 0 Å². The number of nitrogens with two attached hydrogens (primary N) is 1. The molecule has 1 aliphatic rings. The van der Waals surface area contributed by atoms with Crippen molar-refractivity contribution in [3.05, 3.63) is 34.9 Å². The molecule has 3 N–H and O–H groups in total. The molecule has 0 unspecified atom stereocenters. The molecule has 1 aliphatic heterocycles. The van der Waals surface area contributed by atoms with Gasteiger partial charge in [0.25, 0.3) is 0 Å². The summed E-state index contributed by atoms with van der Waals surface area (Å²) in [6, 6.07) is 6.20. The van der Waals surface area contributed by atoms with Gasteiger partial charge in [-0.15, -0.1) is 0 Å². The SMILES string of the molecule is Cc1ccc2c(c1)CNN=C2N. The highest BCUT2D eigenvalue weighted by atomic mass is 15.3. The summed E-state index contributed by atoms with van der Waals surface area (Å²) in [7, 11) is 0. The molecule has 0 amide bonds. The maximum absolute atomic E-state index is 5.68. The lowest BCUT2D eigenvalue weighted by atomic mass is 10.0. The monoisotopic (exact) mass is 161 g/mol. The van der Waals surface area contributed by atoms with Crippen LogP contribution in [0.25, 0.3) is 0 Å². The molecule has 0 bridgehead atoms. The van der Waals surface area contributed by atoms with E-state index in [1.54, 1.807) is 0 Å². The summed E-state index contributed by atoms with van der Waals surface area (Å²) < 4.78 is 0. The molecule has 62 valence electrons. The number of hydrogen-bond donors (Lipinski definition) is 2. The van der Waals surface area contributed by atoms with Gasteiger partial charge in [-0.05, 0) is 12.5 Å². The molecule has 1 aromatic rings. The Morgan fingerprint density at radius 1 is 1.50 bits per heavy atom. The molecule has 0 radical (unpaired) electrons. The molecular weight excluding hydrogens is 150 g/mol. The summed E-state index contributed by atoms with van der Waals surface area (Å²) in [5, 5.41) is 3.95. The Labute approximate surface area is 71.3 Å². The second kappa shape index (κ2) is 2.52. The molecule has 0 spiro atoms. The van der Waals surface area contributed by atoms with Gasteiger partial charge in [-0.1, -0.05) is 23.8 Å². The normalized spacial score (nSPS) is 14.6. The van der Waals surface area contributed by atoms with Crippen LogP contribution < -0.4 is 11.2 Å². The summed E-state index contributed by atoms with van der Waals surface area (Å²) in [5.74, 6) is 0.580. The molecule has 0 aromatic heterocycles. The van der Waals surface area contributed by atoms with Crippen molar-refractivity contribution < 1.29 is 0 Å². The minimum absolute atomic E-state index is 0.580. The highest BCUT2D eigenvalue weighted by Gasteiger charge is 2.09. The van der Waals surface area contributed by atoms with Crippen LogP contribution in [-0.4, -0.2) is 5.84 Å². The largest absolute Gasteiger partial charge is 0.382 e. The maximum atomic E-state index is 5.68. The predicted molar refractivity (Wildman–Crippen MR) is 48.7 cm³/mol. The topological polar surface area (TPSA) is 50.4 Å². The van der Waals surface area contributed by atoms with E-state index >= 15 is 0 Å². The standard InChI is InChI=1S/C9H11N3/c1-6-2-3-8-7(4-6)5-11-12-9(8)10/h2-4,11H,5H2,1H3,(H2,10,12). The van der Waals surface area contributed by atoms with Gasteiger partial charge in [0.15, 0.2) is 5.84 Å². The van der Waals surface area contributed by atoms with Gasteiger partial charge in [0.1, 0.15) is 0 Å². The lowest BCUT2D eigenvalue weighted by Gasteiger charge is -2.14. The van der Waals surface area contributed by atoms with Crippen molar-refractivity contribution in [1.82, 2.24) is 5.43 Å².